The van der Waals surface area contributed by atoms with Crippen LogP contribution in [0.15, 0.2) is 41.8 Å². The Balaban J connectivity index is 0.00000261. The molecule has 0 radical (unpaired) electrons. The van der Waals surface area contributed by atoms with E-state index in [4.69, 9.17) is 4.98 Å². The van der Waals surface area contributed by atoms with Crippen LogP contribution >= 0.6 is 35.1 Å². The van der Waals surface area contributed by atoms with Gasteiger partial charge in [-0.15, -0.1) is 23.7 Å². The summed E-state index contributed by atoms with van der Waals surface area (Å²) in [7, 11) is 4.02. The van der Waals surface area contributed by atoms with Crippen LogP contribution in [0.5, 0.6) is 0 Å². The number of anilines is 1. The Morgan fingerprint density at radius 3 is 2.70 bits per heavy atom. The molecule has 0 saturated carbocycles. The highest BCUT2D eigenvalue weighted by Crippen LogP contribution is 2.30. The lowest BCUT2D eigenvalue weighted by atomic mass is 10.2. The molecule has 1 aromatic carbocycles. The van der Waals surface area contributed by atoms with Gasteiger partial charge in [0, 0.05) is 24.0 Å². The molecule has 2 heterocycles. The van der Waals surface area contributed by atoms with Crippen LogP contribution in [0, 0.1) is 0 Å². The third kappa shape index (κ3) is 5.62. The maximum Gasteiger partial charge on any atom is 0.252 e. The topological polar surface area (TPSA) is 36.4 Å². The number of carbonyl (C=O) groups is 1. The van der Waals surface area contributed by atoms with Gasteiger partial charge in [-0.3, -0.25) is 9.69 Å². The number of hydrogen-bond donors (Lipinski definition) is 0. The van der Waals surface area contributed by atoms with E-state index in [2.05, 4.69) is 24.0 Å². The first kappa shape index (κ1) is 21.6. The predicted octanol–water partition coefficient (Wildman–Crippen LogP) is 4.95. The van der Waals surface area contributed by atoms with Crippen LogP contribution in [0.1, 0.15) is 17.4 Å². The van der Waals surface area contributed by atoms with E-state index >= 15 is 0 Å². The molecular formula is C20H24ClN3OS2. The summed E-state index contributed by atoms with van der Waals surface area (Å²) in [5.74, 6) is -0.0324. The van der Waals surface area contributed by atoms with E-state index in [9.17, 15) is 4.79 Å². The van der Waals surface area contributed by atoms with E-state index in [-0.39, 0.29) is 18.3 Å². The molecule has 0 aliphatic carbocycles. The zero-order valence-corrected chi connectivity index (χ0v) is 18.2. The minimum absolute atomic E-state index is 0. The van der Waals surface area contributed by atoms with E-state index in [0.717, 1.165) is 33.2 Å². The average Bonchev–Trinajstić information content (AvgIpc) is 3.28. The van der Waals surface area contributed by atoms with Gasteiger partial charge >= 0.3 is 0 Å². The molecule has 3 aromatic rings. The molecule has 0 N–H and O–H groups in total. The van der Waals surface area contributed by atoms with Crippen LogP contribution in [0.4, 0.5) is 5.13 Å². The summed E-state index contributed by atoms with van der Waals surface area (Å²) < 4.78 is 1.13. The molecule has 27 heavy (non-hydrogen) atoms. The van der Waals surface area contributed by atoms with Crippen molar-refractivity contribution in [2.24, 2.45) is 0 Å². The van der Waals surface area contributed by atoms with Gasteiger partial charge in [0.05, 0.1) is 10.2 Å². The number of carbonyl (C=O) groups excluding carboxylic acids is 1. The van der Waals surface area contributed by atoms with Crippen molar-refractivity contribution in [1.82, 2.24) is 9.88 Å². The maximum absolute atomic E-state index is 12.8. The molecular weight excluding hydrogens is 398 g/mol. The SMILES string of the molecule is CCc1ccc2nc(N(CCN(C)C)C(=O)C=Cc3cccs3)sc2c1.Cl. The number of thiazole rings is 1. The Labute approximate surface area is 174 Å². The minimum atomic E-state index is -0.0324. The van der Waals surface area contributed by atoms with Gasteiger partial charge in [0.25, 0.3) is 5.91 Å². The molecule has 0 spiro atoms. The van der Waals surface area contributed by atoms with E-state index in [1.807, 2.05) is 43.8 Å². The number of fused-ring (bicyclic) bond motifs is 1. The number of thiophene rings is 1. The summed E-state index contributed by atoms with van der Waals surface area (Å²) in [4.78, 5) is 22.5. The Morgan fingerprint density at radius 2 is 2.04 bits per heavy atom. The van der Waals surface area contributed by atoms with E-state index in [1.54, 1.807) is 33.6 Å². The first-order valence-corrected chi connectivity index (χ1v) is 10.3. The number of rotatable bonds is 7. The highest BCUT2D eigenvalue weighted by Gasteiger charge is 2.18. The van der Waals surface area contributed by atoms with Crippen LogP contribution < -0.4 is 4.90 Å². The number of hydrogen-bond acceptors (Lipinski definition) is 5. The lowest BCUT2D eigenvalue weighted by Crippen LogP contribution is -2.35. The molecule has 3 rings (SSSR count). The highest BCUT2D eigenvalue weighted by atomic mass is 35.5. The molecule has 0 aliphatic heterocycles. The Bertz CT molecular complexity index is 903. The van der Waals surface area contributed by atoms with Crippen molar-refractivity contribution in [1.29, 1.82) is 0 Å². The fourth-order valence-corrected chi connectivity index (χ4v) is 4.20. The van der Waals surface area contributed by atoms with Crippen LogP contribution in [-0.2, 0) is 11.2 Å². The fraction of sp³-hybridized carbons (Fsp3) is 0.300. The largest absolute Gasteiger partial charge is 0.308 e. The molecule has 0 fully saturated rings. The summed E-state index contributed by atoms with van der Waals surface area (Å²) in [6, 6.07) is 10.3. The zero-order valence-electron chi connectivity index (χ0n) is 15.7. The molecule has 2 aromatic heterocycles. The van der Waals surface area contributed by atoms with Crippen LogP contribution in [0.25, 0.3) is 16.3 Å². The first-order chi connectivity index (χ1) is 12.6. The molecule has 0 bridgehead atoms. The Hall–Kier alpha value is -1.73. The first-order valence-electron chi connectivity index (χ1n) is 8.64. The van der Waals surface area contributed by atoms with Gasteiger partial charge in [0.15, 0.2) is 5.13 Å². The lowest BCUT2D eigenvalue weighted by molar-refractivity contribution is -0.114. The number of halogens is 1. The predicted molar refractivity (Wildman–Crippen MR) is 121 cm³/mol. The zero-order chi connectivity index (χ0) is 18.5. The van der Waals surface area contributed by atoms with Crippen LogP contribution in [0.2, 0.25) is 0 Å². The molecule has 0 unspecified atom stereocenters. The highest BCUT2D eigenvalue weighted by molar-refractivity contribution is 7.22. The van der Waals surface area contributed by atoms with E-state index < -0.39 is 0 Å². The second-order valence-corrected chi connectivity index (χ2v) is 8.28. The van der Waals surface area contributed by atoms with E-state index in [1.165, 1.54) is 5.56 Å². The molecule has 144 valence electrons. The molecule has 4 nitrogen and oxygen atoms in total. The van der Waals surface area contributed by atoms with Crippen molar-refractivity contribution in [2.75, 3.05) is 32.1 Å². The average molecular weight is 422 g/mol. The Morgan fingerprint density at radius 1 is 1.22 bits per heavy atom. The van der Waals surface area contributed by atoms with Gasteiger partial charge in [-0.05, 0) is 55.7 Å². The lowest BCUT2D eigenvalue weighted by Gasteiger charge is -2.20. The molecule has 0 saturated heterocycles. The van der Waals surface area contributed by atoms with Crippen molar-refractivity contribution in [3.63, 3.8) is 0 Å². The normalized spacial score (nSPS) is 11.3. The van der Waals surface area contributed by atoms with Crippen LogP contribution in [0.3, 0.4) is 0 Å². The summed E-state index contributed by atoms with van der Waals surface area (Å²) in [5, 5.41) is 2.77. The van der Waals surface area contributed by atoms with Crippen molar-refractivity contribution in [3.05, 3.63) is 52.2 Å². The molecule has 7 heteroatoms. The maximum atomic E-state index is 12.8. The van der Waals surface area contributed by atoms with Crippen molar-refractivity contribution < 1.29 is 4.79 Å². The number of likely N-dealkylation sites (N-methyl/N-ethyl adjacent to an activating group) is 1. The van der Waals surface area contributed by atoms with Gasteiger partial charge in [-0.2, -0.15) is 0 Å². The summed E-state index contributed by atoms with van der Waals surface area (Å²) in [6.45, 7) is 3.54. The summed E-state index contributed by atoms with van der Waals surface area (Å²) in [6.07, 6.45) is 4.51. The van der Waals surface area contributed by atoms with Crippen molar-refractivity contribution in [3.8, 4) is 0 Å². The number of aryl methyl sites for hydroxylation is 1. The smallest absolute Gasteiger partial charge is 0.252 e. The number of aromatic nitrogens is 1. The standard InChI is InChI=1S/C20H23N3OS2.ClH/c1-4-15-7-9-17-18(14-15)26-20(21-17)23(12-11-22(2)3)19(24)10-8-16-6-5-13-25-16;/h5-10,13-14H,4,11-12H2,1-3H3;1H. The van der Waals surface area contributed by atoms with Gasteiger partial charge < -0.3 is 4.90 Å². The minimum Gasteiger partial charge on any atom is -0.308 e. The number of benzene rings is 1. The molecule has 0 aliphatic rings. The third-order valence-electron chi connectivity index (χ3n) is 4.05. The van der Waals surface area contributed by atoms with Crippen molar-refractivity contribution >= 4 is 62.4 Å². The van der Waals surface area contributed by atoms with E-state index in [0.29, 0.717) is 6.54 Å². The third-order valence-corrected chi connectivity index (χ3v) is 5.93. The summed E-state index contributed by atoms with van der Waals surface area (Å²) >= 11 is 3.20. The van der Waals surface area contributed by atoms with Crippen molar-refractivity contribution in [2.45, 2.75) is 13.3 Å². The summed E-state index contributed by atoms with van der Waals surface area (Å²) in [5.41, 5.74) is 2.24. The molecule has 0 atom stereocenters. The quantitative estimate of drug-likeness (QED) is 0.506. The molecule has 1 amide bonds. The van der Waals surface area contributed by atoms with Gasteiger partial charge in [0.2, 0.25) is 0 Å². The second kappa shape index (κ2) is 9.99. The van der Waals surface area contributed by atoms with Gasteiger partial charge in [0.1, 0.15) is 0 Å². The number of amides is 1. The van der Waals surface area contributed by atoms with Gasteiger partial charge in [-0.25, -0.2) is 4.98 Å². The Kier molecular flexibility index (Phi) is 7.98. The van der Waals surface area contributed by atoms with Crippen LogP contribution in [-0.4, -0.2) is 43.0 Å². The second-order valence-electron chi connectivity index (χ2n) is 6.29. The number of nitrogens with zero attached hydrogens (tertiary/aromatic N) is 3. The monoisotopic (exact) mass is 421 g/mol. The fourth-order valence-electron chi connectivity index (χ4n) is 2.52. The van der Waals surface area contributed by atoms with Gasteiger partial charge in [-0.1, -0.05) is 30.4 Å².